The molecule has 0 radical (unpaired) electrons. The van der Waals surface area contributed by atoms with Gasteiger partial charge in [-0.25, -0.2) is 0 Å². The Labute approximate surface area is 174 Å². The number of carbonyl (C=O) groups excluding carboxylic acids is 1. The summed E-state index contributed by atoms with van der Waals surface area (Å²) in [6.45, 7) is 2.12. The third-order valence-electron chi connectivity index (χ3n) is 5.05. The fourth-order valence-corrected chi connectivity index (χ4v) is 5.36. The van der Waals surface area contributed by atoms with Gasteiger partial charge in [-0.15, -0.1) is 11.8 Å². The number of carbonyl (C=O) groups is 1. The molecule has 5 heteroatoms. The van der Waals surface area contributed by atoms with E-state index in [1.165, 1.54) is 10.5 Å². The number of hydrogen-bond donors (Lipinski definition) is 1. The van der Waals surface area contributed by atoms with E-state index in [1.54, 1.807) is 11.3 Å². The second-order valence-corrected chi connectivity index (χ2v) is 9.30. The summed E-state index contributed by atoms with van der Waals surface area (Å²) in [6.07, 6.45) is 1.87. The second kappa shape index (κ2) is 8.95. The highest BCUT2D eigenvalue weighted by Gasteiger charge is 2.34. The topological polar surface area (TPSA) is 38.3 Å². The molecule has 0 bridgehead atoms. The summed E-state index contributed by atoms with van der Waals surface area (Å²) in [5, 5.41) is 7.35. The monoisotopic (exact) mass is 409 g/mol. The first kappa shape index (κ1) is 19.2. The molecule has 1 fully saturated rings. The lowest BCUT2D eigenvalue weighted by molar-refractivity contribution is 0.0741. The van der Waals surface area contributed by atoms with Crippen LogP contribution in [0.4, 0.5) is 0 Å². The zero-order valence-corrected chi connectivity index (χ0v) is 17.2. The van der Waals surface area contributed by atoms with Gasteiger partial charge in [0, 0.05) is 35.0 Å². The summed E-state index contributed by atoms with van der Waals surface area (Å²) in [5.41, 5.74) is 3.03. The third kappa shape index (κ3) is 4.66. The number of hydrogen-bond acceptors (Lipinski definition) is 4. The van der Waals surface area contributed by atoms with Crippen molar-refractivity contribution in [2.45, 2.75) is 22.5 Å². The normalized spacial score (nSPS) is 15.9. The standard InChI is InChI=1S/C23H23NO2S2/c25-22(19-8-6-18(7-9-19)20-10-15-27-16-20)24-17-23(11-13-26-14-12-23)28-21-4-2-1-3-5-21/h1-10,15-16H,11-14,17H2,(H,24,25). The van der Waals surface area contributed by atoms with Crippen molar-refractivity contribution < 1.29 is 9.53 Å². The van der Waals surface area contributed by atoms with Gasteiger partial charge in [0.2, 0.25) is 0 Å². The quantitative estimate of drug-likeness (QED) is 0.585. The third-order valence-corrected chi connectivity index (χ3v) is 7.23. The summed E-state index contributed by atoms with van der Waals surface area (Å²) >= 11 is 3.53. The molecule has 0 aliphatic carbocycles. The molecule has 2 aromatic carbocycles. The molecule has 1 aromatic heterocycles. The smallest absolute Gasteiger partial charge is 0.251 e. The maximum atomic E-state index is 12.7. The highest BCUT2D eigenvalue weighted by atomic mass is 32.2. The van der Waals surface area contributed by atoms with Crippen LogP contribution in [0.3, 0.4) is 0 Å². The van der Waals surface area contributed by atoms with Crippen molar-refractivity contribution in [2.75, 3.05) is 19.8 Å². The molecule has 0 saturated carbocycles. The molecular weight excluding hydrogens is 386 g/mol. The van der Waals surface area contributed by atoms with E-state index in [1.807, 2.05) is 42.1 Å². The van der Waals surface area contributed by atoms with Crippen molar-refractivity contribution in [2.24, 2.45) is 0 Å². The van der Waals surface area contributed by atoms with Crippen LogP contribution in [-0.2, 0) is 4.74 Å². The Kier molecular flexibility index (Phi) is 6.15. The van der Waals surface area contributed by atoms with E-state index in [0.29, 0.717) is 12.1 Å². The number of amides is 1. The van der Waals surface area contributed by atoms with Gasteiger partial charge in [-0.3, -0.25) is 4.79 Å². The highest BCUT2D eigenvalue weighted by Crippen LogP contribution is 2.40. The van der Waals surface area contributed by atoms with E-state index < -0.39 is 0 Å². The van der Waals surface area contributed by atoms with E-state index in [2.05, 4.69) is 46.4 Å². The van der Waals surface area contributed by atoms with Crippen LogP contribution in [-0.4, -0.2) is 30.4 Å². The van der Waals surface area contributed by atoms with Gasteiger partial charge >= 0.3 is 0 Å². The molecule has 0 atom stereocenters. The van der Waals surface area contributed by atoms with E-state index in [9.17, 15) is 4.79 Å². The van der Waals surface area contributed by atoms with Crippen LogP contribution in [0.2, 0.25) is 0 Å². The summed E-state index contributed by atoms with van der Waals surface area (Å²) in [7, 11) is 0. The second-order valence-electron chi connectivity index (χ2n) is 6.98. The molecular formula is C23H23NO2S2. The van der Waals surface area contributed by atoms with Gasteiger partial charge in [0.25, 0.3) is 5.91 Å². The average Bonchev–Trinajstić information content (AvgIpc) is 3.29. The van der Waals surface area contributed by atoms with Crippen LogP contribution in [0.25, 0.3) is 11.1 Å². The number of benzene rings is 2. The Morgan fingerprint density at radius 2 is 1.75 bits per heavy atom. The van der Waals surface area contributed by atoms with Gasteiger partial charge in [0.15, 0.2) is 0 Å². The summed E-state index contributed by atoms with van der Waals surface area (Å²) in [5.74, 6) is -0.0172. The maximum Gasteiger partial charge on any atom is 0.251 e. The molecule has 144 valence electrons. The lowest BCUT2D eigenvalue weighted by Gasteiger charge is -2.36. The predicted molar refractivity (Wildman–Crippen MR) is 117 cm³/mol. The maximum absolute atomic E-state index is 12.7. The molecule has 1 N–H and O–H groups in total. The van der Waals surface area contributed by atoms with Gasteiger partial charge in [0.05, 0.1) is 0 Å². The van der Waals surface area contributed by atoms with Crippen LogP contribution in [0.1, 0.15) is 23.2 Å². The van der Waals surface area contributed by atoms with E-state index in [4.69, 9.17) is 4.74 Å². The number of rotatable bonds is 6. The minimum atomic E-state index is -0.0219. The van der Waals surface area contributed by atoms with Crippen molar-refractivity contribution >= 4 is 29.0 Å². The van der Waals surface area contributed by atoms with Crippen LogP contribution in [0, 0.1) is 0 Å². The molecule has 0 unspecified atom stereocenters. The molecule has 1 aliphatic heterocycles. The molecule has 3 aromatic rings. The predicted octanol–water partition coefficient (Wildman–Crippen LogP) is 5.49. The lowest BCUT2D eigenvalue weighted by Crippen LogP contribution is -2.44. The summed E-state index contributed by atoms with van der Waals surface area (Å²) in [4.78, 5) is 14.0. The van der Waals surface area contributed by atoms with Crippen LogP contribution in [0.15, 0.2) is 76.3 Å². The molecule has 1 aliphatic rings. The minimum Gasteiger partial charge on any atom is -0.381 e. The van der Waals surface area contributed by atoms with Crippen LogP contribution < -0.4 is 5.32 Å². The van der Waals surface area contributed by atoms with Crippen molar-refractivity contribution in [1.29, 1.82) is 0 Å². The van der Waals surface area contributed by atoms with Crippen molar-refractivity contribution in [1.82, 2.24) is 5.32 Å². The number of thiophene rings is 1. The Morgan fingerprint density at radius 3 is 2.43 bits per heavy atom. The molecule has 1 amide bonds. The van der Waals surface area contributed by atoms with Crippen molar-refractivity contribution in [3.8, 4) is 11.1 Å². The number of thioether (sulfide) groups is 1. The van der Waals surface area contributed by atoms with Crippen LogP contribution in [0.5, 0.6) is 0 Å². The Bertz CT molecular complexity index is 886. The van der Waals surface area contributed by atoms with Crippen LogP contribution >= 0.6 is 23.1 Å². The van der Waals surface area contributed by atoms with E-state index in [-0.39, 0.29) is 10.7 Å². The first-order valence-electron chi connectivity index (χ1n) is 9.47. The molecule has 1 saturated heterocycles. The number of nitrogens with one attached hydrogen (secondary N) is 1. The summed E-state index contributed by atoms with van der Waals surface area (Å²) in [6, 6.07) is 20.3. The van der Waals surface area contributed by atoms with Crippen molar-refractivity contribution in [3.63, 3.8) is 0 Å². The van der Waals surface area contributed by atoms with Gasteiger partial charge in [-0.1, -0.05) is 30.3 Å². The lowest BCUT2D eigenvalue weighted by atomic mass is 9.98. The van der Waals surface area contributed by atoms with E-state index >= 15 is 0 Å². The molecule has 28 heavy (non-hydrogen) atoms. The van der Waals surface area contributed by atoms with Gasteiger partial charge < -0.3 is 10.1 Å². The Balaban J connectivity index is 1.42. The Hall–Kier alpha value is -2.08. The average molecular weight is 410 g/mol. The Morgan fingerprint density at radius 1 is 1.00 bits per heavy atom. The zero-order chi connectivity index (χ0) is 19.2. The molecule has 2 heterocycles. The van der Waals surface area contributed by atoms with E-state index in [0.717, 1.165) is 31.6 Å². The van der Waals surface area contributed by atoms with Gasteiger partial charge in [0.1, 0.15) is 0 Å². The first-order chi connectivity index (χ1) is 13.7. The SMILES string of the molecule is O=C(NCC1(Sc2ccccc2)CCOCC1)c1ccc(-c2ccsc2)cc1. The van der Waals surface area contributed by atoms with Crippen molar-refractivity contribution in [3.05, 3.63) is 77.0 Å². The minimum absolute atomic E-state index is 0.0172. The molecule has 3 nitrogen and oxygen atoms in total. The summed E-state index contributed by atoms with van der Waals surface area (Å²) < 4.78 is 5.56. The highest BCUT2D eigenvalue weighted by molar-refractivity contribution is 8.00. The largest absolute Gasteiger partial charge is 0.381 e. The van der Waals surface area contributed by atoms with Gasteiger partial charge in [-0.05, 0) is 65.1 Å². The van der Waals surface area contributed by atoms with Gasteiger partial charge in [-0.2, -0.15) is 11.3 Å². The fourth-order valence-electron chi connectivity index (χ4n) is 3.38. The molecule has 4 rings (SSSR count). The number of ether oxygens (including phenoxy) is 1. The first-order valence-corrected chi connectivity index (χ1v) is 11.2. The fraction of sp³-hybridized carbons (Fsp3) is 0.261. The zero-order valence-electron chi connectivity index (χ0n) is 15.6. The molecule has 0 spiro atoms.